The second-order valence-corrected chi connectivity index (χ2v) is 12.3. The summed E-state index contributed by atoms with van der Waals surface area (Å²) in [6.07, 6.45) is 3.86. The van der Waals surface area contributed by atoms with Gasteiger partial charge < -0.3 is 25.0 Å². The molecule has 45 heavy (non-hydrogen) atoms. The molecule has 5 N–H and O–H groups in total. The number of ether oxygens (including phenoxy) is 2. The number of thioether (sulfide) groups is 1. The lowest BCUT2D eigenvalue weighted by Crippen LogP contribution is -2.31. The second-order valence-electron chi connectivity index (χ2n) is 11.2. The van der Waals surface area contributed by atoms with E-state index < -0.39 is 6.29 Å². The van der Waals surface area contributed by atoms with Crippen LogP contribution in [0.1, 0.15) is 79.6 Å². The highest BCUT2D eigenvalue weighted by Gasteiger charge is 2.32. The molecular weight excluding hydrogens is 592 g/mol. The molecule has 3 aromatic carbocycles. The molecule has 242 valence electrons. The average Bonchev–Trinajstić information content (AvgIpc) is 3.09. The van der Waals surface area contributed by atoms with Crippen LogP contribution < -0.4 is 10.8 Å². The summed E-state index contributed by atoms with van der Waals surface area (Å²) in [5, 5.41) is 30.2. The number of amides is 2. The summed E-state index contributed by atoms with van der Waals surface area (Å²) in [4.78, 5) is 23.4. The number of hydroxylamine groups is 1. The Hall–Kier alpha value is -3.25. The van der Waals surface area contributed by atoms with Crippen LogP contribution >= 0.6 is 11.8 Å². The van der Waals surface area contributed by atoms with Crippen molar-refractivity contribution in [3.63, 3.8) is 0 Å². The van der Waals surface area contributed by atoms with Gasteiger partial charge in [0.15, 0.2) is 6.29 Å². The number of carbonyl (C=O) groups is 2. The van der Waals surface area contributed by atoms with Gasteiger partial charge in [0.1, 0.15) is 0 Å². The fourth-order valence-corrected chi connectivity index (χ4v) is 6.04. The summed E-state index contributed by atoms with van der Waals surface area (Å²) in [5.74, 6) is 1.04. The molecule has 0 bridgehead atoms. The van der Waals surface area contributed by atoms with Gasteiger partial charge in [0.2, 0.25) is 11.8 Å². The Bertz CT molecular complexity index is 1340. The van der Waals surface area contributed by atoms with Crippen LogP contribution in [-0.2, 0) is 32.2 Å². The van der Waals surface area contributed by atoms with Gasteiger partial charge in [0, 0.05) is 42.9 Å². The van der Waals surface area contributed by atoms with Gasteiger partial charge in [-0.05, 0) is 46.7 Å². The van der Waals surface area contributed by atoms with Crippen LogP contribution in [0.2, 0.25) is 0 Å². The Labute approximate surface area is 269 Å². The van der Waals surface area contributed by atoms with Crippen molar-refractivity contribution in [3.8, 4) is 11.1 Å². The van der Waals surface area contributed by atoms with Crippen LogP contribution in [0.5, 0.6) is 0 Å². The minimum Gasteiger partial charge on any atom is -0.396 e. The van der Waals surface area contributed by atoms with Crippen LogP contribution in [-0.4, -0.2) is 51.5 Å². The highest BCUT2D eigenvalue weighted by atomic mass is 32.2. The van der Waals surface area contributed by atoms with E-state index in [9.17, 15) is 19.8 Å². The molecule has 1 fully saturated rings. The van der Waals surface area contributed by atoms with E-state index in [-0.39, 0.29) is 43.7 Å². The molecule has 9 nitrogen and oxygen atoms in total. The van der Waals surface area contributed by atoms with Crippen molar-refractivity contribution in [2.75, 3.05) is 18.1 Å². The van der Waals surface area contributed by atoms with Crippen molar-refractivity contribution in [1.29, 1.82) is 0 Å². The maximum atomic E-state index is 12.3. The number of carbonyl (C=O) groups excluding carboxylic acids is 2. The van der Waals surface area contributed by atoms with Gasteiger partial charge in [-0.1, -0.05) is 79.6 Å². The quantitative estimate of drug-likeness (QED) is 0.0736. The third-order valence-corrected chi connectivity index (χ3v) is 8.85. The van der Waals surface area contributed by atoms with E-state index in [4.69, 9.17) is 14.7 Å². The van der Waals surface area contributed by atoms with E-state index in [1.165, 1.54) is 0 Å². The molecule has 0 saturated carbocycles. The summed E-state index contributed by atoms with van der Waals surface area (Å²) >= 11 is 1.67. The first kappa shape index (κ1) is 34.6. The van der Waals surface area contributed by atoms with Gasteiger partial charge >= 0.3 is 0 Å². The zero-order valence-corrected chi connectivity index (χ0v) is 26.3. The monoisotopic (exact) mass is 636 g/mol. The van der Waals surface area contributed by atoms with Crippen LogP contribution in [0.4, 0.5) is 0 Å². The summed E-state index contributed by atoms with van der Waals surface area (Å²) < 4.78 is 12.8. The number of benzene rings is 3. The predicted molar refractivity (Wildman–Crippen MR) is 174 cm³/mol. The summed E-state index contributed by atoms with van der Waals surface area (Å²) in [6, 6.07) is 24.1. The Morgan fingerprint density at radius 2 is 1.51 bits per heavy atom. The Morgan fingerprint density at radius 3 is 2.20 bits per heavy atom. The zero-order valence-electron chi connectivity index (χ0n) is 25.5. The fourth-order valence-electron chi connectivity index (χ4n) is 5.27. The zero-order chi connectivity index (χ0) is 31.9. The number of rotatable bonds is 17. The first-order chi connectivity index (χ1) is 22.0. The molecule has 0 aromatic heterocycles. The van der Waals surface area contributed by atoms with Gasteiger partial charge in [-0.2, -0.15) is 11.8 Å². The normalized spacial score (nSPS) is 18.0. The first-order valence-electron chi connectivity index (χ1n) is 15.6. The predicted octanol–water partition coefficient (Wildman–Crippen LogP) is 5.58. The highest BCUT2D eigenvalue weighted by Crippen LogP contribution is 2.39. The smallest absolute Gasteiger partial charge is 0.243 e. The topological polar surface area (TPSA) is 137 Å². The molecular formula is C35H44N2O7S. The fraction of sp³-hybridized carbons (Fsp3) is 0.429. The molecule has 3 atom stereocenters. The Kier molecular flexibility index (Phi) is 14.4. The number of nitrogens with one attached hydrogen (secondary N) is 2. The second kappa shape index (κ2) is 18.7. The van der Waals surface area contributed by atoms with E-state index >= 15 is 0 Å². The Morgan fingerprint density at radius 1 is 0.800 bits per heavy atom. The van der Waals surface area contributed by atoms with Crippen molar-refractivity contribution in [3.05, 3.63) is 95.1 Å². The van der Waals surface area contributed by atoms with Crippen molar-refractivity contribution in [1.82, 2.24) is 10.8 Å². The molecule has 1 aliphatic heterocycles. The van der Waals surface area contributed by atoms with Gasteiger partial charge in [-0.15, -0.1) is 0 Å². The largest absolute Gasteiger partial charge is 0.396 e. The summed E-state index contributed by atoms with van der Waals surface area (Å²) in [7, 11) is 0. The van der Waals surface area contributed by atoms with Crippen molar-refractivity contribution >= 4 is 23.6 Å². The average molecular weight is 637 g/mol. The summed E-state index contributed by atoms with van der Waals surface area (Å²) in [5.41, 5.74) is 7.56. The van der Waals surface area contributed by atoms with Crippen LogP contribution in [0.3, 0.4) is 0 Å². The highest BCUT2D eigenvalue weighted by molar-refractivity contribution is 7.99. The van der Waals surface area contributed by atoms with Gasteiger partial charge in [0.25, 0.3) is 0 Å². The van der Waals surface area contributed by atoms with Gasteiger partial charge in [-0.3, -0.25) is 14.8 Å². The molecule has 1 saturated heterocycles. The SMILES string of the molecule is O=C(CCCCCCC(=O)NCc1cccc(-c2ccc([C@H]3O[C@@H](CSCCO)C[C@@H](c4ccc(CO)cc4)O3)cc2)c1)NO. The van der Waals surface area contributed by atoms with E-state index in [0.717, 1.165) is 58.4 Å². The number of hydrogen-bond donors (Lipinski definition) is 5. The van der Waals surface area contributed by atoms with Crippen LogP contribution in [0.25, 0.3) is 11.1 Å². The lowest BCUT2D eigenvalue weighted by atomic mass is 9.99. The molecule has 1 aliphatic rings. The number of aliphatic hydroxyl groups excluding tert-OH is 2. The van der Waals surface area contributed by atoms with E-state index in [2.05, 4.69) is 23.5 Å². The van der Waals surface area contributed by atoms with Gasteiger partial charge in [0.05, 0.1) is 25.4 Å². The molecule has 0 aliphatic carbocycles. The molecule has 0 unspecified atom stereocenters. The maximum Gasteiger partial charge on any atom is 0.243 e. The third-order valence-electron chi connectivity index (χ3n) is 7.77. The van der Waals surface area contributed by atoms with E-state index in [1.807, 2.05) is 54.6 Å². The molecule has 0 radical (unpaired) electrons. The first-order valence-corrected chi connectivity index (χ1v) is 16.7. The number of aliphatic hydroxyl groups is 2. The third kappa shape index (κ3) is 11.2. The standard InChI is InChI=1S/C35H44N2O7S/c38-18-19-45-24-31-21-32(28-12-10-25(23-39)11-13-28)44-35(43-31)29-16-14-27(15-17-29)30-7-5-6-26(20-30)22-36-33(40)8-3-1-2-4-9-34(41)37-42/h5-7,10-17,20,31-32,35,38-39,42H,1-4,8-9,18-19,21-24H2,(H,36,40)(H,37,41)/t31-,32+,35+/m1/s1. The maximum absolute atomic E-state index is 12.3. The van der Waals surface area contributed by atoms with E-state index in [1.54, 1.807) is 17.2 Å². The molecule has 10 heteroatoms. The molecule has 2 amide bonds. The molecule has 3 aromatic rings. The van der Waals surface area contributed by atoms with Crippen molar-refractivity contribution in [2.24, 2.45) is 0 Å². The van der Waals surface area contributed by atoms with Gasteiger partial charge in [-0.25, -0.2) is 5.48 Å². The van der Waals surface area contributed by atoms with Crippen LogP contribution in [0, 0.1) is 0 Å². The lowest BCUT2D eigenvalue weighted by Gasteiger charge is -2.36. The van der Waals surface area contributed by atoms with E-state index in [0.29, 0.717) is 31.6 Å². The van der Waals surface area contributed by atoms with Crippen LogP contribution in [0.15, 0.2) is 72.8 Å². The molecule has 0 spiro atoms. The Balaban J connectivity index is 1.32. The molecule has 4 rings (SSSR count). The lowest BCUT2D eigenvalue weighted by molar-refractivity contribution is -0.245. The number of hydrogen-bond acceptors (Lipinski definition) is 8. The number of unbranched alkanes of at least 4 members (excludes halogenated alkanes) is 3. The minimum atomic E-state index is -0.531. The van der Waals surface area contributed by atoms with Crippen molar-refractivity contribution in [2.45, 2.75) is 76.6 Å². The minimum absolute atomic E-state index is 0.000323. The van der Waals surface area contributed by atoms with Crippen molar-refractivity contribution < 1.29 is 34.5 Å². The molecule has 1 heterocycles. The summed E-state index contributed by atoms with van der Waals surface area (Å²) in [6.45, 7) is 0.579.